The average molecular weight is 288 g/mol. The number of nitrogens with zero attached hydrogens (tertiary/aromatic N) is 1. The number of alkyl halides is 1. The Bertz CT molecular complexity index is 221. The van der Waals surface area contributed by atoms with Crippen molar-refractivity contribution >= 4 is 15.9 Å². The quantitative estimate of drug-likeness (QED) is 0.705. The van der Waals surface area contributed by atoms with Crippen molar-refractivity contribution < 1.29 is 0 Å². The lowest BCUT2D eigenvalue weighted by Crippen LogP contribution is -2.42. The fraction of sp³-hybridized carbons (Fsp3) is 1.00. The van der Waals surface area contributed by atoms with E-state index in [0.29, 0.717) is 5.41 Å². The van der Waals surface area contributed by atoms with E-state index in [9.17, 15) is 0 Å². The first-order chi connectivity index (χ1) is 7.67. The van der Waals surface area contributed by atoms with Gasteiger partial charge in [0.25, 0.3) is 0 Å². The van der Waals surface area contributed by atoms with Gasteiger partial charge >= 0.3 is 0 Å². The van der Waals surface area contributed by atoms with Crippen molar-refractivity contribution in [2.45, 2.75) is 58.4 Å². The van der Waals surface area contributed by atoms with Crippen LogP contribution in [0.5, 0.6) is 0 Å². The molecule has 1 heterocycles. The normalized spacial score (nSPS) is 30.4. The molecule has 94 valence electrons. The second kappa shape index (κ2) is 5.39. The molecule has 0 N–H and O–H groups in total. The second-order valence-electron chi connectivity index (χ2n) is 6.26. The summed E-state index contributed by atoms with van der Waals surface area (Å²) >= 11 is 3.77. The van der Waals surface area contributed by atoms with Crippen LogP contribution in [0, 0.1) is 11.3 Å². The smallest absolute Gasteiger partial charge is 0.0119 e. The van der Waals surface area contributed by atoms with E-state index in [1.54, 1.807) is 0 Å². The van der Waals surface area contributed by atoms with Crippen LogP contribution < -0.4 is 0 Å². The van der Waals surface area contributed by atoms with E-state index in [1.165, 1.54) is 56.9 Å². The van der Waals surface area contributed by atoms with Crippen molar-refractivity contribution in [2.24, 2.45) is 11.3 Å². The van der Waals surface area contributed by atoms with Gasteiger partial charge in [0.2, 0.25) is 0 Å². The first-order valence-corrected chi connectivity index (χ1v) is 8.09. The van der Waals surface area contributed by atoms with Crippen LogP contribution in [0.3, 0.4) is 0 Å². The molecule has 1 aliphatic carbocycles. The van der Waals surface area contributed by atoms with Crippen LogP contribution in [-0.4, -0.2) is 29.4 Å². The number of likely N-dealkylation sites (tertiary alicyclic amines) is 1. The third-order valence-electron chi connectivity index (χ3n) is 4.67. The van der Waals surface area contributed by atoms with E-state index in [1.807, 2.05) is 0 Å². The Balaban J connectivity index is 1.97. The van der Waals surface area contributed by atoms with Crippen LogP contribution >= 0.6 is 15.9 Å². The second-order valence-corrected chi connectivity index (χ2v) is 6.83. The van der Waals surface area contributed by atoms with Crippen molar-refractivity contribution in [1.82, 2.24) is 4.90 Å². The molecule has 0 radical (unpaired) electrons. The van der Waals surface area contributed by atoms with E-state index in [2.05, 4.69) is 34.7 Å². The van der Waals surface area contributed by atoms with Crippen molar-refractivity contribution in [3.63, 3.8) is 0 Å². The zero-order valence-electron chi connectivity index (χ0n) is 10.8. The Kier molecular flexibility index (Phi) is 4.34. The summed E-state index contributed by atoms with van der Waals surface area (Å²) in [5, 5.41) is 1.21. The largest absolute Gasteiger partial charge is 0.300 e. The molecule has 1 aliphatic heterocycles. The molecule has 2 fully saturated rings. The molecular formula is C14H26BrN. The van der Waals surface area contributed by atoms with Crippen LogP contribution in [-0.2, 0) is 0 Å². The van der Waals surface area contributed by atoms with Gasteiger partial charge in [-0.05, 0) is 43.6 Å². The molecule has 1 saturated carbocycles. The minimum Gasteiger partial charge on any atom is -0.300 e. The van der Waals surface area contributed by atoms with Crippen LogP contribution in [0.2, 0.25) is 0 Å². The Morgan fingerprint density at radius 1 is 1.25 bits per heavy atom. The highest BCUT2D eigenvalue weighted by atomic mass is 79.9. The lowest BCUT2D eigenvalue weighted by atomic mass is 9.87. The Labute approximate surface area is 109 Å². The van der Waals surface area contributed by atoms with Crippen molar-refractivity contribution in [1.29, 1.82) is 0 Å². The van der Waals surface area contributed by atoms with E-state index >= 15 is 0 Å². The molecule has 16 heavy (non-hydrogen) atoms. The van der Waals surface area contributed by atoms with Crippen molar-refractivity contribution in [3.05, 3.63) is 0 Å². The van der Waals surface area contributed by atoms with Crippen LogP contribution in [0.4, 0.5) is 0 Å². The molecule has 0 aromatic carbocycles. The van der Waals surface area contributed by atoms with Gasteiger partial charge in [-0.3, -0.25) is 4.90 Å². The number of rotatable bonds is 4. The summed E-state index contributed by atoms with van der Waals surface area (Å²) in [4.78, 5) is 2.79. The first kappa shape index (κ1) is 12.9. The van der Waals surface area contributed by atoms with Gasteiger partial charge < -0.3 is 0 Å². The van der Waals surface area contributed by atoms with Gasteiger partial charge in [-0.2, -0.15) is 0 Å². The molecule has 0 bridgehead atoms. The lowest BCUT2D eigenvalue weighted by Gasteiger charge is -2.36. The number of hydrogen-bond acceptors (Lipinski definition) is 1. The van der Waals surface area contributed by atoms with Gasteiger partial charge in [-0.25, -0.2) is 0 Å². The number of halogens is 1. The average Bonchev–Trinajstić information content (AvgIpc) is 2.88. The predicted molar refractivity (Wildman–Crippen MR) is 74.1 cm³/mol. The highest BCUT2D eigenvalue weighted by molar-refractivity contribution is 9.09. The minimum atomic E-state index is 0.609. The summed E-state index contributed by atoms with van der Waals surface area (Å²) in [5.74, 6) is 0.830. The highest BCUT2D eigenvalue weighted by Gasteiger charge is 2.38. The molecule has 1 unspecified atom stereocenters. The van der Waals surface area contributed by atoms with Gasteiger partial charge in [0.15, 0.2) is 0 Å². The van der Waals surface area contributed by atoms with Gasteiger partial charge in [0.1, 0.15) is 0 Å². The summed E-state index contributed by atoms with van der Waals surface area (Å²) in [6, 6.07) is 0.858. The molecule has 1 nitrogen and oxygen atoms in total. The summed E-state index contributed by atoms with van der Waals surface area (Å²) in [6.07, 6.45) is 8.63. The van der Waals surface area contributed by atoms with E-state index in [4.69, 9.17) is 0 Å². The fourth-order valence-electron chi connectivity index (χ4n) is 3.69. The lowest BCUT2D eigenvalue weighted by molar-refractivity contribution is 0.135. The third kappa shape index (κ3) is 2.64. The highest BCUT2D eigenvalue weighted by Crippen LogP contribution is 2.42. The monoisotopic (exact) mass is 287 g/mol. The van der Waals surface area contributed by atoms with E-state index in [-0.39, 0.29) is 0 Å². The maximum atomic E-state index is 3.77. The SMILES string of the molecule is CC(C)C1CCCN1CC1(CBr)CCCC1. The topological polar surface area (TPSA) is 3.24 Å². The Morgan fingerprint density at radius 2 is 1.94 bits per heavy atom. The zero-order chi connectivity index (χ0) is 11.6. The van der Waals surface area contributed by atoms with Crippen molar-refractivity contribution in [3.8, 4) is 0 Å². The zero-order valence-corrected chi connectivity index (χ0v) is 12.4. The molecule has 0 spiro atoms. The van der Waals surface area contributed by atoms with Crippen molar-refractivity contribution in [2.75, 3.05) is 18.4 Å². The van der Waals surface area contributed by atoms with Crippen LogP contribution in [0.25, 0.3) is 0 Å². The van der Waals surface area contributed by atoms with Gasteiger partial charge in [0.05, 0.1) is 0 Å². The minimum absolute atomic E-state index is 0.609. The summed E-state index contributed by atoms with van der Waals surface area (Å²) < 4.78 is 0. The molecule has 2 rings (SSSR count). The number of hydrogen-bond donors (Lipinski definition) is 0. The molecule has 0 amide bonds. The molecule has 0 aromatic rings. The van der Waals surface area contributed by atoms with Gasteiger partial charge in [-0.1, -0.05) is 42.6 Å². The van der Waals surface area contributed by atoms with Crippen LogP contribution in [0.15, 0.2) is 0 Å². The molecular weight excluding hydrogens is 262 g/mol. The molecule has 1 atom stereocenters. The first-order valence-electron chi connectivity index (χ1n) is 6.97. The molecule has 1 saturated heterocycles. The van der Waals surface area contributed by atoms with Gasteiger partial charge in [0, 0.05) is 17.9 Å². The van der Waals surface area contributed by atoms with Crippen LogP contribution in [0.1, 0.15) is 52.4 Å². The maximum Gasteiger partial charge on any atom is 0.0119 e. The Hall–Kier alpha value is 0.440. The molecule has 2 aliphatic rings. The molecule has 2 heteroatoms. The van der Waals surface area contributed by atoms with E-state index < -0.39 is 0 Å². The van der Waals surface area contributed by atoms with Gasteiger partial charge in [-0.15, -0.1) is 0 Å². The fourth-order valence-corrected chi connectivity index (χ4v) is 4.43. The maximum absolute atomic E-state index is 3.77. The Morgan fingerprint density at radius 3 is 2.50 bits per heavy atom. The standard InChI is InChI=1S/C14H26BrN/c1-12(2)13-6-5-9-16(13)11-14(10-15)7-3-4-8-14/h12-13H,3-11H2,1-2H3. The van der Waals surface area contributed by atoms with E-state index in [0.717, 1.165) is 12.0 Å². The summed E-state index contributed by atoms with van der Waals surface area (Å²) in [7, 11) is 0. The predicted octanol–water partition coefficient (Wildman–Crippen LogP) is 4.06. The third-order valence-corrected chi connectivity index (χ3v) is 5.86. The summed E-state index contributed by atoms with van der Waals surface area (Å²) in [5.41, 5.74) is 0.609. The summed E-state index contributed by atoms with van der Waals surface area (Å²) in [6.45, 7) is 7.47. The molecule has 0 aromatic heterocycles.